The molecule has 3 heterocycles. The Hall–Kier alpha value is -2.18. The Bertz CT molecular complexity index is 686. The Balaban J connectivity index is 0.00000147. The number of pyridine rings is 1. The number of aromatic nitrogens is 4. The fraction of sp³-hybridized carbons (Fsp3) is 0.154. The first-order valence-electron chi connectivity index (χ1n) is 5.95. The highest BCUT2D eigenvalue weighted by Crippen LogP contribution is 2.09. The number of nitrogens with one attached hydrogen (secondary N) is 1. The summed E-state index contributed by atoms with van der Waals surface area (Å²) in [4.78, 5) is 8.38. The van der Waals surface area contributed by atoms with Crippen LogP contribution in [0.3, 0.4) is 0 Å². The fourth-order valence-corrected chi connectivity index (χ4v) is 1.81. The molecule has 0 spiro atoms. The Morgan fingerprint density at radius 3 is 2.80 bits per heavy atom. The average Bonchev–Trinajstić information content (AvgIpc) is 2.88. The van der Waals surface area contributed by atoms with E-state index in [9.17, 15) is 5.11 Å². The molecule has 0 saturated heterocycles. The van der Waals surface area contributed by atoms with Crippen molar-refractivity contribution in [3.8, 4) is 0 Å². The van der Waals surface area contributed by atoms with E-state index >= 15 is 0 Å². The van der Waals surface area contributed by atoms with Crippen LogP contribution in [0.15, 0.2) is 42.7 Å². The van der Waals surface area contributed by atoms with Crippen molar-refractivity contribution < 1.29 is 5.11 Å². The van der Waals surface area contributed by atoms with Crippen LogP contribution < -0.4 is 5.32 Å². The second-order valence-corrected chi connectivity index (χ2v) is 4.07. The number of halogens is 1. The number of aliphatic hydroxyl groups is 1. The molecule has 104 valence electrons. The summed E-state index contributed by atoms with van der Waals surface area (Å²) in [6, 6.07) is 9.48. The summed E-state index contributed by atoms with van der Waals surface area (Å²) in [5.74, 6) is 0.714. The standard InChI is InChI=1S/C13H13N5O.ClH/c19-9-11-8-16-13-5-4-12(17-18(11)13)15-7-10-3-1-2-6-14-10;/h1-6,8,19H,7,9H2,(H,15,17);1H. The third-order valence-corrected chi connectivity index (χ3v) is 2.77. The smallest absolute Gasteiger partial charge is 0.154 e. The highest BCUT2D eigenvalue weighted by atomic mass is 35.5. The molecule has 0 radical (unpaired) electrons. The summed E-state index contributed by atoms with van der Waals surface area (Å²) >= 11 is 0. The van der Waals surface area contributed by atoms with Gasteiger partial charge in [0.1, 0.15) is 5.82 Å². The van der Waals surface area contributed by atoms with E-state index in [0.717, 1.165) is 5.69 Å². The summed E-state index contributed by atoms with van der Waals surface area (Å²) in [5, 5.41) is 16.8. The van der Waals surface area contributed by atoms with Crippen LogP contribution in [0.25, 0.3) is 5.65 Å². The second kappa shape index (κ2) is 6.31. The van der Waals surface area contributed by atoms with E-state index in [4.69, 9.17) is 0 Å². The molecule has 0 atom stereocenters. The maximum Gasteiger partial charge on any atom is 0.154 e. The zero-order valence-electron chi connectivity index (χ0n) is 10.6. The second-order valence-electron chi connectivity index (χ2n) is 4.07. The molecule has 20 heavy (non-hydrogen) atoms. The zero-order chi connectivity index (χ0) is 13.1. The Morgan fingerprint density at radius 1 is 1.15 bits per heavy atom. The minimum Gasteiger partial charge on any atom is -0.390 e. The van der Waals surface area contributed by atoms with Gasteiger partial charge in [-0.3, -0.25) is 4.98 Å². The van der Waals surface area contributed by atoms with Crippen molar-refractivity contribution in [3.63, 3.8) is 0 Å². The summed E-state index contributed by atoms with van der Waals surface area (Å²) in [6.45, 7) is 0.514. The van der Waals surface area contributed by atoms with Crippen molar-refractivity contribution in [1.82, 2.24) is 19.6 Å². The number of hydrogen-bond acceptors (Lipinski definition) is 5. The lowest BCUT2D eigenvalue weighted by Gasteiger charge is -2.06. The summed E-state index contributed by atoms with van der Waals surface area (Å²) < 4.78 is 1.63. The first-order chi connectivity index (χ1) is 9.36. The first kappa shape index (κ1) is 14.2. The van der Waals surface area contributed by atoms with Gasteiger partial charge in [-0.1, -0.05) is 6.07 Å². The molecule has 3 aromatic rings. The molecule has 0 bridgehead atoms. The van der Waals surface area contributed by atoms with Crippen LogP contribution in [0, 0.1) is 0 Å². The van der Waals surface area contributed by atoms with E-state index in [1.54, 1.807) is 16.9 Å². The number of aliphatic hydroxyl groups excluding tert-OH is 1. The van der Waals surface area contributed by atoms with E-state index in [1.807, 2.05) is 30.3 Å². The van der Waals surface area contributed by atoms with Gasteiger partial charge in [0.05, 0.1) is 30.7 Å². The number of hydrogen-bond donors (Lipinski definition) is 2. The maximum absolute atomic E-state index is 9.19. The molecule has 0 unspecified atom stereocenters. The largest absolute Gasteiger partial charge is 0.390 e. The van der Waals surface area contributed by atoms with Crippen LogP contribution >= 0.6 is 12.4 Å². The predicted octanol–water partition coefficient (Wildman–Crippen LogP) is 1.65. The van der Waals surface area contributed by atoms with Crippen molar-refractivity contribution in [2.75, 3.05) is 5.32 Å². The molecule has 7 heteroatoms. The third kappa shape index (κ3) is 2.87. The molecular weight excluding hydrogens is 278 g/mol. The van der Waals surface area contributed by atoms with Crippen LogP contribution in [-0.4, -0.2) is 24.7 Å². The van der Waals surface area contributed by atoms with Gasteiger partial charge in [0, 0.05) is 6.20 Å². The fourth-order valence-electron chi connectivity index (χ4n) is 1.81. The van der Waals surface area contributed by atoms with Crippen LogP contribution in [-0.2, 0) is 13.2 Å². The summed E-state index contributed by atoms with van der Waals surface area (Å²) in [5.41, 5.74) is 2.32. The van der Waals surface area contributed by atoms with Gasteiger partial charge in [-0.15, -0.1) is 17.5 Å². The van der Waals surface area contributed by atoms with Crippen LogP contribution in [0.2, 0.25) is 0 Å². The van der Waals surface area contributed by atoms with E-state index in [-0.39, 0.29) is 19.0 Å². The van der Waals surface area contributed by atoms with E-state index in [2.05, 4.69) is 20.4 Å². The van der Waals surface area contributed by atoms with Crippen LogP contribution in [0.4, 0.5) is 5.82 Å². The first-order valence-corrected chi connectivity index (χ1v) is 5.95. The topological polar surface area (TPSA) is 75.3 Å². The summed E-state index contributed by atoms with van der Waals surface area (Å²) in [6.07, 6.45) is 3.37. The minimum absolute atomic E-state index is 0. The predicted molar refractivity (Wildman–Crippen MR) is 77.7 cm³/mol. The lowest BCUT2D eigenvalue weighted by Crippen LogP contribution is -2.06. The molecule has 0 aromatic carbocycles. The molecule has 3 rings (SSSR count). The molecule has 6 nitrogen and oxygen atoms in total. The van der Waals surface area contributed by atoms with Gasteiger partial charge in [-0.25, -0.2) is 9.50 Å². The van der Waals surface area contributed by atoms with Crippen molar-refractivity contribution >= 4 is 23.9 Å². The number of fused-ring (bicyclic) bond motifs is 1. The Morgan fingerprint density at radius 2 is 2.05 bits per heavy atom. The number of anilines is 1. The molecule has 3 aromatic heterocycles. The van der Waals surface area contributed by atoms with Crippen molar-refractivity contribution in [2.24, 2.45) is 0 Å². The van der Waals surface area contributed by atoms with E-state index < -0.39 is 0 Å². The SMILES string of the molecule is Cl.OCc1cnc2ccc(NCc3ccccn3)nn12. The molecule has 0 fully saturated rings. The normalized spacial score (nSPS) is 10.2. The molecule has 0 aliphatic heterocycles. The van der Waals surface area contributed by atoms with Gasteiger partial charge in [0.2, 0.25) is 0 Å². The molecule has 0 amide bonds. The van der Waals surface area contributed by atoms with Gasteiger partial charge in [-0.2, -0.15) is 0 Å². The highest BCUT2D eigenvalue weighted by molar-refractivity contribution is 5.85. The monoisotopic (exact) mass is 291 g/mol. The van der Waals surface area contributed by atoms with E-state index in [1.165, 1.54) is 0 Å². The van der Waals surface area contributed by atoms with Gasteiger partial charge >= 0.3 is 0 Å². The van der Waals surface area contributed by atoms with Gasteiger partial charge < -0.3 is 10.4 Å². The molecule has 0 saturated carbocycles. The third-order valence-electron chi connectivity index (χ3n) is 2.77. The Labute approximate surface area is 121 Å². The summed E-state index contributed by atoms with van der Waals surface area (Å²) in [7, 11) is 0. The minimum atomic E-state index is -0.0855. The molecular formula is C13H14ClN5O. The Kier molecular flexibility index (Phi) is 4.49. The van der Waals surface area contributed by atoms with Gasteiger partial charge in [-0.05, 0) is 24.3 Å². The molecule has 0 aliphatic carbocycles. The number of imidazole rings is 1. The van der Waals surface area contributed by atoms with Crippen LogP contribution in [0.1, 0.15) is 11.4 Å². The quantitative estimate of drug-likeness (QED) is 0.764. The molecule has 2 N–H and O–H groups in total. The van der Waals surface area contributed by atoms with E-state index in [0.29, 0.717) is 23.7 Å². The molecule has 0 aliphatic rings. The van der Waals surface area contributed by atoms with Gasteiger partial charge in [0.25, 0.3) is 0 Å². The zero-order valence-corrected chi connectivity index (χ0v) is 11.4. The van der Waals surface area contributed by atoms with Crippen molar-refractivity contribution in [1.29, 1.82) is 0 Å². The van der Waals surface area contributed by atoms with Gasteiger partial charge in [0.15, 0.2) is 5.65 Å². The number of rotatable bonds is 4. The lowest BCUT2D eigenvalue weighted by molar-refractivity contribution is 0.274. The highest BCUT2D eigenvalue weighted by Gasteiger charge is 2.04. The van der Waals surface area contributed by atoms with Crippen molar-refractivity contribution in [3.05, 3.63) is 54.1 Å². The van der Waals surface area contributed by atoms with Crippen LogP contribution in [0.5, 0.6) is 0 Å². The lowest BCUT2D eigenvalue weighted by atomic mass is 10.3. The average molecular weight is 292 g/mol. The number of nitrogens with zero attached hydrogens (tertiary/aromatic N) is 4. The maximum atomic E-state index is 9.19. The van der Waals surface area contributed by atoms with Crippen molar-refractivity contribution in [2.45, 2.75) is 13.2 Å².